The molecule has 0 bridgehead atoms. The van der Waals surface area contributed by atoms with Crippen LogP contribution in [0.4, 0.5) is 4.39 Å². The number of rotatable bonds is 2. The van der Waals surface area contributed by atoms with Gasteiger partial charge in [-0.1, -0.05) is 18.2 Å². The standard InChI is InChI=1S/C10H13FS/c1-10(11)6-4-3-5-9(7-10)8-12-2/h3-7H,8H2,1-2H3. The van der Waals surface area contributed by atoms with E-state index in [1.165, 1.54) is 0 Å². The molecule has 2 heteroatoms. The second kappa shape index (κ2) is 3.94. The van der Waals surface area contributed by atoms with Crippen molar-refractivity contribution in [2.45, 2.75) is 12.6 Å². The molecule has 1 aliphatic carbocycles. The molecule has 0 amide bonds. The largest absolute Gasteiger partial charge is 0.235 e. The Hall–Kier alpha value is -0.500. The monoisotopic (exact) mass is 184 g/mol. The van der Waals surface area contributed by atoms with Gasteiger partial charge in [0.1, 0.15) is 5.67 Å². The molecular weight excluding hydrogens is 171 g/mol. The van der Waals surface area contributed by atoms with Crippen LogP contribution < -0.4 is 0 Å². The number of alkyl halides is 1. The summed E-state index contributed by atoms with van der Waals surface area (Å²) in [4.78, 5) is 0. The Bertz CT molecular complexity index is 236. The maximum Gasteiger partial charge on any atom is 0.145 e. The lowest BCUT2D eigenvalue weighted by Crippen LogP contribution is -2.10. The molecule has 0 N–H and O–H groups in total. The highest BCUT2D eigenvalue weighted by atomic mass is 32.2. The molecule has 0 aromatic heterocycles. The van der Waals surface area contributed by atoms with E-state index in [9.17, 15) is 4.39 Å². The zero-order valence-corrected chi connectivity index (χ0v) is 8.20. The number of hydrogen-bond donors (Lipinski definition) is 0. The van der Waals surface area contributed by atoms with E-state index >= 15 is 0 Å². The Morgan fingerprint density at radius 1 is 1.50 bits per heavy atom. The van der Waals surface area contributed by atoms with Gasteiger partial charge < -0.3 is 0 Å². The fourth-order valence-electron chi connectivity index (χ4n) is 1.14. The Morgan fingerprint density at radius 3 is 2.92 bits per heavy atom. The molecule has 0 saturated carbocycles. The molecule has 0 heterocycles. The third-order valence-corrected chi connectivity index (χ3v) is 2.24. The minimum atomic E-state index is -1.28. The molecule has 0 fully saturated rings. The van der Waals surface area contributed by atoms with E-state index in [2.05, 4.69) is 0 Å². The number of hydrogen-bond acceptors (Lipinski definition) is 1. The summed E-state index contributed by atoms with van der Waals surface area (Å²) in [6.07, 6.45) is 10.8. The first-order chi connectivity index (χ1) is 5.64. The molecule has 0 nitrogen and oxygen atoms in total. The number of allylic oxidation sites excluding steroid dienone is 5. The summed E-state index contributed by atoms with van der Waals surface area (Å²) in [6, 6.07) is 0. The molecule has 1 aliphatic rings. The van der Waals surface area contributed by atoms with E-state index in [4.69, 9.17) is 0 Å². The molecule has 1 atom stereocenters. The van der Waals surface area contributed by atoms with Crippen LogP contribution in [0.3, 0.4) is 0 Å². The van der Waals surface area contributed by atoms with Gasteiger partial charge in [0.25, 0.3) is 0 Å². The second-order valence-electron chi connectivity index (χ2n) is 3.02. The quantitative estimate of drug-likeness (QED) is 0.635. The van der Waals surface area contributed by atoms with Crippen molar-refractivity contribution >= 4 is 11.8 Å². The fraction of sp³-hybridized carbons (Fsp3) is 0.400. The molecule has 0 aromatic carbocycles. The van der Waals surface area contributed by atoms with Crippen LogP contribution in [0.5, 0.6) is 0 Å². The van der Waals surface area contributed by atoms with Crippen LogP contribution in [0.1, 0.15) is 6.92 Å². The highest BCUT2D eigenvalue weighted by Gasteiger charge is 2.16. The van der Waals surface area contributed by atoms with Crippen molar-refractivity contribution in [2.24, 2.45) is 0 Å². The van der Waals surface area contributed by atoms with E-state index < -0.39 is 5.67 Å². The van der Waals surface area contributed by atoms with Crippen LogP contribution >= 0.6 is 11.8 Å². The van der Waals surface area contributed by atoms with Crippen LogP contribution in [-0.4, -0.2) is 17.7 Å². The SMILES string of the molecule is CSCC1=CC(C)(F)C=CC=C1. The molecule has 0 aromatic rings. The maximum atomic E-state index is 13.5. The second-order valence-corrected chi connectivity index (χ2v) is 3.89. The molecule has 0 aliphatic heterocycles. The Morgan fingerprint density at radius 2 is 2.25 bits per heavy atom. The third kappa shape index (κ3) is 2.86. The smallest absolute Gasteiger partial charge is 0.145 e. The average Bonchev–Trinajstić information content (AvgIpc) is 2.11. The van der Waals surface area contributed by atoms with Gasteiger partial charge in [0.05, 0.1) is 0 Å². The molecule has 66 valence electrons. The van der Waals surface area contributed by atoms with Crippen LogP contribution in [0.15, 0.2) is 36.0 Å². The molecule has 12 heavy (non-hydrogen) atoms. The molecule has 1 rings (SSSR count). The van der Waals surface area contributed by atoms with Gasteiger partial charge >= 0.3 is 0 Å². The molecule has 0 spiro atoms. The van der Waals surface area contributed by atoms with E-state index in [0.29, 0.717) is 0 Å². The predicted molar refractivity (Wildman–Crippen MR) is 54.3 cm³/mol. The molecule has 0 saturated heterocycles. The highest BCUT2D eigenvalue weighted by molar-refractivity contribution is 7.98. The zero-order chi connectivity index (χ0) is 9.03. The van der Waals surface area contributed by atoms with Crippen LogP contribution in [-0.2, 0) is 0 Å². The van der Waals surface area contributed by atoms with Crippen molar-refractivity contribution in [3.05, 3.63) is 36.0 Å². The lowest BCUT2D eigenvalue weighted by Gasteiger charge is -2.10. The average molecular weight is 184 g/mol. The van der Waals surface area contributed by atoms with Gasteiger partial charge in [-0.2, -0.15) is 11.8 Å². The van der Waals surface area contributed by atoms with Crippen molar-refractivity contribution in [1.29, 1.82) is 0 Å². The van der Waals surface area contributed by atoms with E-state index in [1.54, 1.807) is 36.9 Å². The minimum Gasteiger partial charge on any atom is -0.235 e. The first kappa shape index (κ1) is 9.59. The first-order valence-corrected chi connectivity index (χ1v) is 5.29. The van der Waals surface area contributed by atoms with Crippen LogP contribution in [0.25, 0.3) is 0 Å². The summed E-state index contributed by atoms with van der Waals surface area (Å²) >= 11 is 1.70. The fourth-order valence-corrected chi connectivity index (χ4v) is 1.65. The van der Waals surface area contributed by atoms with Gasteiger partial charge in [-0.25, -0.2) is 4.39 Å². The Kier molecular flexibility index (Phi) is 3.15. The summed E-state index contributed by atoms with van der Waals surface area (Å²) in [5.41, 5.74) is -0.230. The number of thioether (sulfide) groups is 1. The van der Waals surface area contributed by atoms with Crippen LogP contribution in [0.2, 0.25) is 0 Å². The Labute approximate surface area is 77.2 Å². The highest BCUT2D eigenvalue weighted by Crippen LogP contribution is 2.21. The van der Waals surface area contributed by atoms with Crippen molar-refractivity contribution in [3.8, 4) is 0 Å². The van der Waals surface area contributed by atoms with Crippen LogP contribution in [0, 0.1) is 0 Å². The zero-order valence-electron chi connectivity index (χ0n) is 7.38. The van der Waals surface area contributed by atoms with E-state index in [1.807, 2.05) is 18.4 Å². The first-order valence-electron chi connectivity index (χ1n) is 3.89. The van der Waals surface area contributed by atoms with E-state index in [-0.39, 0.29) is 0 Å². The van der Waals surface area contributed by atoms with Gasteiger partial charge in [-0.15, -0.1) is 0 Å². The van der Waals surface area contributed by atoms with Gasteiger partial charge in [0, 0.05) is 5.75 Å². The van der Waals surface area contributed by atoms with Gasteiger partial charge in [-0.05, 0) is 30.9 Å². The topological polar surface area (TPSA) is 0 Å². The van der Waals surface area contributed by atoms with Crippen molar-refractivity contribution in [2.75, 3.05) is 12.0 Å². The normalized spacial score (nSPS) is 28.4. The number of halogens is 1. The summed E-state index contributed by atoms with van der Waals surface area (Å²) in [7, 11) is 0. The molecule has 0 radical (unpaired) electrons. The van der Waals surface area contributed by atoms with Gasteiger partial charge in [0.15, 0.2) is 0 Å². The lowest BCUT2D eigenvalue weighted by molar-refractivity contribution is 0.327. The minimum absolute atomic E-state index is 0.873. The van der Waals surface area contributed by atoms with Crippen molar-refractivity contribution < 1.29 is 4.39 Å². The van der Waals surface area contributed by atoms with Crippen molar-refractivity contribution in [1.82, 2.24) is 0 Å². The Balaban J connectivity index is 2.80. The summed E-state index contributed by atoms with van der Waals surface area (Å²) in [5.74, 6) is 0.873. The molecule has 1 unspecified atom stereocenters. The summed E-state index contributed by atoms with van der Waals surface area (Å²) in [5, 5.41) is 0. The maximum absolute atomic E-state index is 13.5. The third-order valence-electron chi connectivity index (χ3n) is 1.62. The van der Waals surface area contributed by atoms with Crippen molar-refractivity contribution in [3.63, 3.8) is 0 Å². The predicted octanol–water partition coefficient (Wildman–Crippen LogP) is 3.13. The summed E-state index contributed by atoms with van der Waals surface area (Å²) in [6.45, 7) is 1.57. The lowest BCUT2D eigenvalue weighted by atomic mass is 10.1. The van der Waals surface area contributed by atoms with Gasteiger partial charge in [0.2, 0.25) is 0 Å². The van der Waals surface area contributed by atoms with E-state index in [0.717, 1.165) is 11.3 Å². The van der Waals surface area contributed by atoms with Gasteiger partial charge in [-0.3, -0.25) is 0 Å². The summed E-state index contributed by atoms with van der Waals surface area (Å²) < 4.78 is 13.5. The molecular formula is C10H13FS.